The maximum atomic E-state index is 9.65. The van der Waals surface area contributed by atoms with Crippen molar-refractivity contribution in [3.8, 4) is 5.75 Å². The van der Waals surface area contributed by atoms with Crippen molar-refractivity contribution in [1.82, 2.24) is 4.98 Å². The molecule has 0 aliphatic heterocycles. The van der Waals surface area contributed by atoms with Gasteiger partial charge in [-0.15, -0.1) is 0 Å². The fraction of sp³-hybridized carbons (Fsp3) is 0.182. The molecule has 0 amide bonds. The van der Waals surface area contributed by atoms with E-state index in [1.165, 1.54) is 11.1 Å². The third-order valence-electron chi connectivity index (χ3n) is 4.61. The van der Waals surface area contributed by atoms with Gasteiger partial charge in [-0.25, -0.2) is 0 Å². The Kier molecular flexibility index (Phi) is 5.32. The highest BCUT2D eigenvalue weighted by atomic mass is 16.4. The summed E-state index contributed by atoms with van der Waals surface area (Å²) in [5.41, 5.74) is 5.75. The summed E-state index contributed by atoms with van der Waals surface area (Å²) in [5.74, 6) is 0.245. The van der Waals surface area contributed by atoms with Crippen LogP contribution in [0.3, 0.4) is 0 Å². The number of aromatic hydroxyl groups is 1. The highest BCUT2D eigenvalue weighted by molar-refractivity contribution is 6.00. The molecule has 0 radical (unpaired) electrons. The number of aryl methyl sites for hydroxylation is 2. The van der Waals surface area contributed by atoms with Crippen LogP contribution in [0.2, 0.25) is 0 Å². The summed E-state index contributed by atoms with van der Waals surface area (Å²) in [6.07, 6.45) is 2.26. The maximum Gasteiger partial charge on any atom is 0.115 e. The monoisotopic (exact) mass is 346 g/mol. The molecule has 1 aromatic heterocycles. The first-order valence-corrected chi connectivity index (χ1v) is 8.57. The first-order chi connectivity index (χ1) is 12.6. The van der Waals surface area contributed by atoms with Gasteiger partial charge in [0.25, 0.3) is 0 Å². The molecular formula is C22H22N2O2. The summed E-state index contributed by atoms with van der Waals surface area (Å²) in [7, 11) is 0. The third kappa shape index (κ3) is 3.91. The van der Waals surface area contributed by atoms with E-state index in [0.717, 1.165) is 16.8 Å². The van der Waals surface area contributed by atoms with Crippen molar-refractivity contribution in [1.29, 1.82) is 0 Å². The van der Waals surface area contributed by atoms with Gasteiger partial charge < -0.3 is 10.3 Å². The van der Waals surface area contributed by atoms with E-state index in [1.807, 2.05) is 43.3 Å². The molecule has 132 valence electrons. The van der Waals surface area contributed by atoms with Gasteiger partial charge in [-0.2, -0.15) is 0 Å². The third-order valence-corrected chi connectivity index (χ3v) is 4.61. The number of hydrogen-bond donors (Lipinski definition) is 2. The highest BCUT2D eigenvalue weighted by Gasteiger charge is 2.20. The number of phenolic OH excluding ortho intramolecular Hbond substituents is 1. The van der Waals surface area contributed by atoms with Crippen LogP contribution in [-0.4, -0.2) is 21.0 Å². The van der Waals surface area contributed by atoms with Gasteiger partial charge in [0.15, 0.2) is 0 Å². The van der Waals surface area contributed by atoms with Crippen LogP contribution in [0.4, 0.5) is 0 Å². The van der Waals surface area contributed by atoms with Crippen LogP contribution >= 0.6 is 0 Å². The van der Waals surface area contributed by atoms with Gasteiger partial charge in [-0.3, -0.25) is 4.98 Å². The largest absolute Gasteiger partial charge is 0.508 e. The van der Waals surface area contributed by atoms with Crippen molar-refractivity contribution in [3.63, 3.8) is 0 Å². The first-order valence-electron chi connectivity index (χ1n) is 8.57. The number of hydrogen-bond acceptors (Lipinski definition) is 4. The van der Waals surface area contributed by atoms with Gasteiger partial charge in [-0.1, -0.05) is 41.6 Å². The molecule has 0 fully saturated rings. The van der Waals surface area contributed by atoms with Gasteiger partial charge in [0, 0.05) is 29.8 Å². The molecule has 1 atom stereocenters. The van der Waals surface area contributed by atoms with Gasteiger partial charge in [0.2, 0.25) is 0 Å². The van der Waals surface area contributed by atoms with Crippen molar-refractivity contribution >= 4 is 5.71 Å². The predicted octanol–water partition coefficient (Wildman–Crippen LogP) is 4.80. The molecule has 0 aliphatic rings. The number of phenols is 1. The zero-order valence-electron chi connectivity index (χ0n) is 14.9. The van der Waals surface area contributed by atoms with Gasteiger partial charge in [0.05, 0.1) is 5.71 Å². The van der Waals surface area contributed by atoms with E-state index in [2.05, 4.69) is 29.2 Å². The second-order valence-electron chi connectivity index (χ2n) is 6.44. The first kappa shape index (κ1) is 17.7. The minimum Gasteiger partial charge on any atom is -0.508 e. The van der Waals surface area contributed by atoms with E-state index in [-0.39, 0.29) is 11.7 Å². The van der Waals surface area contributed by atoms with Crippen LogP contribution in [0.1, 0.15) is 40.3 Å². The van der Waals surface area contributed by atoms with Gasteiger partial charge in [0.1, 0.15) is 5.75 Å². The number of rotatable bonds is 5. The fourth-order valence-corrected chi connectivity index (χ4v) is 3.23. The zero-order chi connectivity index (χ0) is 18.5. The summed E-state index contributed by atoms with van der Waals surface area (Å²) in [6, 6.07) is 19.2. The molecule has 26 heavy (non-hydrogen) atoms. The number of nitrogens with zero attached hydrogens (tertiary/aromatic N) is 2. The molecule has 2 aromatic carbocycles. The van der Waals surface area contributed by atoms with Crippen molar-refractivity contribution < 1.29 is 10.3 Å². The van der Waals surface area contributed by atoms with Gasteiger partial charge in [-0.05, 0) is 54.8 Å². The van der Waals surface area contributed by atoms with Crippen LogP contribution in [0.15, 0.2) is 72.0 Å². The van der Waals surface area contributed by atoms with Crippen LogP contribution in [0.5, 0.6) is 5.75 Å². The van der Waals surface area contributed by atoms with E-state index < -0.39 is 0 Å². The van der Waals surface area contributed by atoms with Crippen molar-refractivity contribution in [2.75, 3.05) is 0 Å². The minimum atomic E-state index is 0.0103. The van der Waals surface area contributed by atoms with Crippen LogP contribution in [0, 0.1) is 13.8 Å². The second kappa shape index (κ2) is 7.83. The van der Waals surface area contributed by atoms with Gasteiger partial charge >= 0.3 is 0 Å². The van der Waals surface area contributed by atoms with Crippen LogP contribution < -0.4 is 0 Å². The van der Waals surface area contributed by atoms with Crippen LogP contribution in [0.25, 0.3) is 0 Å². The molecule has 0 bridgehead atoms. The molecule has 4 nitrogen and oxygen atoms in total. The van der Waals surface area contributed by atoms with Crippen LogP contribution in [-0.2, 0) is 0 Å². The molecule has 1 heterocycles. The molecule has 2 N–H and O–H groups in total. The summed E-state index contributed by atoms with van der Waals surface area (Å²) >= 11 is 0. The molecule has 0 saturated heterocycles. The number of oxime groups is 1. The minimum absolute atomic E-state index is 0.0103. The number of benzene rings is 2. The lowest BCUT2D eigenvalue weighted by molar-refractivity contribution is 0.317. The molecule has 0 spiro atoms. The lowest BCUT2D eigenvalue weighted by Crippen LogP contribution is -2.12. The summed E-state index contributed by atoms with van der Waals surface area (Å²) in [5, 5.41) is 22.9. The molecule has 4 heteroatoms. The van der Waals surface area contributed by atoms with E-state index in [4.69, 9.17) is 0 Å². The Hall–Kier alpha value is -3.14. The summed E-state index contributed by atoms with van der Waals surface area (Å²) in [4.78, 5) is 4.21. The van der Waals surface area contributed by atoms with E-state index in [0.29, 0.717) is 12.1 Å². The Labute approximate surface area is 153 Å². The number of aromatic nitrogens is 1. The Morgan fingerprint density at radius 3 is 2.42 bits per heavy atom. The topological polar surface area (TPSA) is 65.7 Å². The van der Waals surface area contributed by atoms with Crippen molar-refractivity contribution in [2.24, 2.45) is 5.16 Å². The molecular weight excluding hydrogens is 324 g/mol. The lowest BCUT2D eigenvalue weighted by atomic mass is 9.83. The molecule has 3 rings (SSSR count). The Morgan fingerprint density at radius 1 is 1.04 bits per heavy atom. The summed E-state index contributed by atoms with van der Waals surface area (Å²) < 4.78 is 0. The lowest BCUT2D eigenvalue weighted by Gasteiger charge is -2.21. The Morgan fingerprint density at radius 2 is 1.77 bits per heavy atom. The van der Waals surface area contributed by atoms with E-state index in [1.54, 1.807) is 18.3 Å². The SMILES string of the molecule is Cc1cc(C(CC(c2ccc(O)cc2)c2ccccc2C)=NO)ccn1. The summed E-state index contributed by atoms with van der Waals surface area (Å²) in [6.45, 7) is 3.99. The molecule has 0 saturated carbocycles. The standard InChI is InChI=1S/C22H22N2O2/c1-15-5-3-4-6-20(15)21(17-7-9-19(25)10-8-17)14-22(24-26)18-11-12-23-16(2)13-18/h3-13,21,25-26H,14H2,1-2H3. The Bertz CT molecular complexity index is 917. The Balaban J connectivity index is 2.03. The average molecular weight is 346 g/mol. The highest BCUT2D eigenvalue weighted by Crippen LogP contribution is 2.32. The van der Waals surface area contributed by atoms with Crippen molar-refractivity contribution in [2.45, 2.75) is 26.2 Å². The molecule has 0 aliphatic carbocycles. The second-order valence-corrected chi connectivity index (χ2v) is 6.44. The predicted molar refractivity (Wildman–Crippen MR) is 103 cm³/mol. The number of pyridine rings is 1. The molecule has 1 unspecified atom stereocenters. The molecule has 3 aromatic rings. The fourth-order valence-electron chi connectivity index (χ4n) is 3.23. The maximum absolute atomic E-state index is 9.65. The normalized spacial score (nSPS) is 12.8. The quantitative estimate of drug-likeness (QED) is 0.396. The van der Waals surface area contributed by atoms with E-state index >= 15 is 0 Å². The van der Waals surface area contributed by atoms with E-state index in [9.17, 15) is 10.3 Å². The average Bonchev–Trinajstić information content (AvgIpc) is 2.65. The smallest absolute Gasteiger partial charge is 0.115 e. The zero-order valence-corrected chi connectivity index (χ0v) is 14.9. The van der Waals surface area contributed by atoms with Crippen molar-refractivity contribution in [3.05, 3.63) is 94.8 Å².